The zero-order chi connectivity index (χ0) is 15.2. The Balaban J connectivity index is 1.39. The van der Waals surface area contributed by atoms with E-state index >= 15 is 0 Å². The summed E-state index contributed by atoms with van der Waals surface area (Å²) in [5.41, 5.74) is 0.983. The Morgan fingerprint density at radius 3 is 2.91 bits per heavy atom. The third kappa shape index (κ3) is 2.43. The smallest absolute Gasteiger partial charge is 0.229 e. The fourth-order valence-corrected chi connectivity index (χ4v) is 4.21. The molecular weight excluding hydrogens is 299 g/mol. The van der Waals surface area contributed by atoms with Gasteiger partial charge < -0.3 is 5.32 Å². The van der Waals surface area contributed by atoms with Gasteiger partial charge >= 0.3 is 0 Å². The van der Waals surface area contributed by atoms with Crippen LogP contribution in [0, 0.1) is 17.2 Å². The molecule has 1 aromatic carbocycles. The molecule has 2 aromatic rings. The van der Waals surface area contributed by atoms with E-state index in [1.165, 1.54) is 36.7 Å². The average molecular weight is 316 g/mol. The topological polar surface area (TPSA) is 42.0 Å². The number of rotatable bonds is 4. The summed E-state index contributed by atoms with van der Waals surface area (Å²) < 4.78 is 13.7. The Labute approximate surface area is 132 Å². The van der Waals surface area contributed by atoms with Crippen LogP contribution in [0.15, 0.2) is 30.5 Å². The molecular formula is C17H17FN2OS. The molecule has 5 heteroatoms. The van der Waals surface area contributed by atoms with Gasteiger partial charge in [0.25, 0.3) is 0 Å². The summed E-state index contributed by atoms with van der Waals surface area (Å²) in [5.74, 6) is 0.0815. The molecule has 0 unspecified atom stereocenters. The highest BCUT2D eigenvalue weighted by molar-refractivity contribution is 7.15. The maximum absolute atomic E-state index is 13.7. The summed E-state index contributed by atoms with van der Waals surface area (Å²) >= 11 is 1.43. The fraction of sp³-hybridized carbons (Fsp3) is 0.412. The lowest BCUT2D eigenvalue weighted by atomic mass is 9.80. The molecule has 1 N–H and O–H groups in total. The maximum atomic E-state index is 13.7. The van der Waals surface area contributed by atoms with Gasteiger partial charge in [-0.1, -0.05) is 24.6 Å². The van der Waals surface area contributed by atoms with Gasteiger partial charge in [0.1, 0.15) is 5.82 Å². The minimum absolute atomic E-state index is 0.103. The summed E-state index contributed by atoms with van der Waals surface area (Å²) in [6, 6.07) is 6.75. The standard InChI is InChI=1S/C17H17FN2OS/c18-14-5-2-1-4-11(14)8-12-10-19-16(22-12)20-15(21)13-9-17(13)6-3-7-17/h1-2,4-5,10,13H,3,6-9H2,(H,19,20,21)/t13-/m1/s1. The van der Waals surface area contributed by atoms with Gasteiger partial charge in [-0.05, 0) is 36.3 Å². The largest absolute Gasteiger partial charge is 0.302 e. The molecule has 2 saturated carbocycles. The number of amides is 1. The summed E-state index contributed by atoms with van der Waals surface area (Å²) in [4.78, 5) is 17.4. The molecule has 2 aliphatic rings. The number of carbonyl (C=O) groups excluding carboxylic acids is 1. The van der Waals surface area contributed by atoms with Gasteiger partial charge in [0.05, 0.1) is 0 Å². The number of nitrogens with zero attached hydrogens (tertiary/aromatic N) is 1. The van der Waals surface area contributed by atoms with E-state index in [1.54, 1.807) is 18.3 Å². The first-order valence-electron chi connectivity index (χ1n) is 7.65. The van der Waals surface area contributed by atoms with Crippen LogP contribution in [0.25, 0.3) is 0 Å². The van der Waals surface area contributed by atoms with E-state index in [4.69, 9.17) is 0 Å². The quantitative estimate of drug-likeness (QED) is 0.926. The van der Waals surface area contributed by atoms with Gasteiger partial charge in [-0.2, -0.15) is 0 Å². The molecule has 0 saturated heterocycles. The first-order chi connectivity index (χ1) is 10.7. The lowest BCUT2D eigenvalue weighted by Crippen LogP contribution is -2.23. The Morgan fingerprint density at radius 1 is 1.41 bits per heavy atom. The molecule has 1 heterocycles. The minimum atomic E-state index is -0.202. The van der Waals surface area contributed by atoms with E-state index in [-0.39, 0.29) is 17.6 Å². The number of benzene rings is 1. The number of thiazole rings is 1. The first-order valence-corrected chi connectivity index (χ1v) is 8.47. The van der Waals surface area contributed by atoms with Crippen LogP contribution in [-0.2, 0) is 11.2 Å². The van der Waals surface area contributed by atoms with Crippen molar-refractivity contribution < 1.29 is 9.18 Å². The third-order valence-corrected chi connectivity index (χ3v) is 5.87. The van der Waals surface area contributed by atoms with E-state index in [1.807, 2.05) is 6.07 Å². The number of carbonyl (C=O) groups is 1. The average Bonchev–Trinajstić information content (AvgIpc) is 3.11. The zero-order valence-corrected chi connectivity index (χ0v) is 13.0. The van der Waals surface area contributed by atoms with Crippen molar-refractivity contribution in [3.05, 3.63) is 46.7 Å². The number of halogens is 1. The van der Waals surface area contributed by atoms with Crippen molar-refractivity contribution in [2.75, 3.05) is 5.32 Å². The van der Waals surface area contributed by atoms with E-state index in [9.17, 15) is 9.18 Å². The summed E-state index contributed by atoms with van der Waals surface area (Å²) in [6.45, 7) is 0. The monoisotopic (exact) mass is 316 g/mol. The predicted molar refractivity (Wildman–Crippen MR) is 84.3 cm³/mol. The molecule has 3 nitrogen and oxygen atoms in total. The lowest BCUT2D eigenvalue weighted by molar-refractivity contribution is -0.118. The van der Waals surface area contributed by atoms with Crippen molar-refractivity contribution in [1.29, 1.82) is 0 Å². The Morgan fingerprint density at radius 2 is 2.23 bits per heavy atom. The van der Waals surface area contributed by atoms with Gasteiger partial charge in [-0.3, -0.25) is 4.79 Å². The van der Waals surface area contributed by atoms with Crippen LogP contribution in [0.1, 0.15) is 36.1 Å². The number of hydrogen-bond donors (Lipinski definition) is 1. The van der Waals surface area contributed by atoms with Crippen LogP contribution < -0.4 is 5.32 Å². The normalized spacial score (nSPS) is 21.4. The van der Waals surface area contributed by atoms with E-state index in [0.29, 0.717) is 22.5 Å². The van der Waals surface area contributed by atoms with Crippen molar-refractivity contribution in [3.8, 4) is 0 Å². The van der Waals surface area contributed by atoms with Gasteiger partial charge in [0, 0.05) is 23.4 Å². The molecule has 2 fully saturated rings. The second-order valence-electron chi connectivity index (χ2n) is 6.36. The predicted octanol–water partition coefficient (Wildman–Crippen LogP) is 4.00. The van der Waals surface area contributed by atoms with Crippen molar-refractivity contribution in [3.63, 3.8) is 0 Å². The van der Waals surface area contributed by atoms with Gasteiger partial charge in [-0.25, -0.2) is 9.37 Å². The number of nitrogens with one attached hydrogen (secondary N) is 1. The second-order valence-corrected chi connectivity index (χ2v) is 7.48. The molecule has 1 spiro atoms. The molecule has 0 aliphatic heterocycles. The lowest BCUT2D eigenvalue weighted by Gasteiger charge is -2.26. The molecule has 0 radical (unpaired) electrons. The molecule has 2 aliphatic carbocycles. The zero-order valence-electron chi connectivity index (χ0n) is 12.1. The molecule has 1 amide bonds. The Kier molecular flexibility index (Phi) is 3.26. The highest BCUT2D eigenvalue weighted by Crippen LogP contribution is 2.65. The van der Waals surface area contributed by atoms with Crippen LogP contribution in [0.3, 0.4) is 0 Å². The number of anilines is 1. The highest BCUT2D eigenvalue weighted by atomic mass is 32.1. The van der Waals surface area contributed by atoms with Crippen molar-refractivity contribution in [2.45, 2.75) is 32.1 Å². The van der Waals surface area contributed by atoms with E-state index in [2.05, 4.69) is 10.3 Å². The van der Waals surface area contributed by atoms with E-state index in [0.717, 1.165) is 11.3 Å². The van der Waals surface area contributed by atoms with Crippen LogP contribution in [0.2, 0.25) is 0 Å². The van der Waals surface area contributed by atoms with Crippen molar-refractivity contribution >= 4 is 22.4 Å². The molecule has 22 heavy (non-hydrogen) atoms. The Hall–Kier alpha value is -1.75. The van der Waals surface area contributed by atoms with Crippen molar-refractivity contribution in [1.82, 2.24) is 4.98 Å². The molecule has 1 atom stereocenters. The summed E-state index contributed by atoms with van der Waals surface area (Å²) in [6.07, 6.45) is 6.91. The number of hydrogen-bond acceptors (Lipinski definition) is 3. The highest BCUT2D eigenvalue weighted by Gasteiger charge is 2.60. The molecule has 1 aromatic heterocycles. The Bertz CT molecular complexity index is 723. The minimum Gasteiger partial charge on any atom is -0.302 e. The second kappa shape index (κ2) is 5.16. The summed E-state index contributed by atoms with van der Waals surface area (Å²) in [5, 5.41) is 3.55. The van der Waals surface area contributed by atoms with Crippen LogP contribution >= 0.6 is 11.3 Å². The number of aromatic nitrogens is 1. The van der Waals surface area contributed by atoms with Crippen LogP contribution in [0.4, 0.5) is 9.52 Å². The van der Waals surface area contributed by atoms with E-state index < -0.39 is 0 Å². The SMILES string of the molecule is O=C(Nc1ncc(Cc2ccccc2F)s1)[C@H]1CC12CCC2. The van der Waals surface area contributed by atoms with Crippen LogP contribution in [-0.4, -0.2) is 10.9 Å². The van der Waals surface area contributed by atoms with Gasteiger partial charge in [0.2, 0.25) is 5.91 Å². The first kappa shape index (κ1) is 13.9. The molecule has 4 rings (SSSR count). The maximum Gasteiger partial charge on any atom is 0.229 e. The summed E-state index contributed by atoms with van der Waals surface area (Å²) in [7, 11) is 0. The molecule has 114 valence electrons. The fourth-order valence-electron chi connectivity index (χ4n) is 3.37. The third-order valence-electron chi connectivity index (χ3n) is 4.96. The van der Waals surface area contributed by atoms with Gasteiger partial charge in [0.15, 0.2) is 5.13 Å². The molecule has 0 bridgehead atoms. The van der Waals surface area contributed by atoms with Crippen LogP contribution in [0.5, 0.6) is 0 Å². The van der Waals surface area contributed by atoms with Gasteiger partial charge in [-0.15, -0.1) is 11.3 Å². The van der Waals surface area contributed by atoms with Crippen molar-refractivity contribution in [2.24, 2.45) is 11.3 Å².